The molecular weight excluding hydrogens is 234 g/mol. The SMILES string of the molecule is CC1(C)CCCN1C(=O)c1nnc(Cl)s1. The first-order chi connectivity index (χ1) is 7.00. The van der Waals surface area contributed by atoms with Gasteiger partial charge in [0.15, 0.2) is 0 Å². The number of hydrogen-bond donors (Lipinski definition) is 0. The van der Waals surface area contributed by atoms with E-state index in [0.717, 1.165) is 30.7 Å². The average molecular weight is 246 g/mol. The Labute approximate surface area is 97.3 Å². The smallest absolute Gasteiger partial charge is 0.285 e. The monoisotopic (exact) mass is 245 g/mol. The summed E-state index contributed by atoms with van der Waals surface area (Å²) in [4.78, 5) is 13.9. The highest BCUT2D eigenvalue weighted by Gasteiger charge is 2.37. The van der Waals surface area contributed by atoms with Crippen LogP contribution >= 0.6 is 22.9 Å². The Kier molecular flexibility index (Phi) is 2.68. The van der Waals surface area contributed by atoms with E-state index in [-0.39, 0.29) is 11.4 Å². The summed E-state index contributed by atoms with van der Waals surface area (Å²) in [5, 5.41) is 7.80. The number of halogens is 1. The van der Waals surface area contributed by atoms with E-state index in [1.807, 2.05) is 4.90 Å². The fraction of sp³-hybridized carbons (Fsp3) is 0.667. The van der Waals surface area contributed by atoms with Crippen LogP contribution in [0.4, 0.5) is 0 Å². The second kappa shape index (κ2) is 3.72. The lowest BCUT2D eigenvalue weighted by atomic mass is 10.0. The topological polar surface area (TPSA) is 46.1 Å². The van der Waals surface area contributed by atoms with Crippen molar-refractivity contribution in [1.29, 1.82) is 0 Å². The van der Waals surface area contributed by atoms with Crippen molar-refractivity contribution < 1.29 is 4.79 Å². The summed E-state index contributed by atoms with van der Waals surface area (Å²) in [6.07, 6.45) is 2.08. The minimum Gasteiger partial charge on any atom is -0.331 e. The molecule has 2 rings (SSSR count). The molecule has 82 valence electrons. The quantitative estimate of drug-likeness (QED) is 0.762. The zero-order chi connectivity index (χ0) is 11.1. The summed E-state index contributed by atoms with van der Waals surface area (Å²) >= 11 is 6.79. The molecule has 1 aromatic rings. The molecule has 0 bridgehead atoms. The molecular formula is C9H12ClN3OS. The largest absolute Gasteiger partial charge is 0.331 e. The first-order valence-electron chi connectivity index (χ1n) is 4.82. The van der Waals surface area contributed by atoms with Crippen molar-refractivity contribution in [3.05, 3.63) is 9.47 Å². The van der Waals surface area contributed by atoms with Gasteiger partial charge in [0.1, 0.15) is 0 Å². The highest BCUT2D eigenvalue weighted by atomic mass is 35.5. The van der Waals surface area contributed by atoms with Gasteiger partial charge in [0, 0.05) is 12.1 Å². The van der Waals surface area contributed by atoms with Crippen molar-refractivity contribution in [2.24, 2.45) is 0 Å². The van der Waals surface area contributed by atoms with Crippen molar-refractivity contribution in [1.82, 2.24) is 15.1 Å². The van der Waals surface area contributed by atoms with Gasteiger partial charge in [-0.25, -0.2) is 0 Å². The van der Waals surface area contributed by atoms with Crippen LogP contribution in [0.25, 0.3) is 0 Å². The standard InChI is InChI=1S/C9H12ClN3OS/c1-9(2)4-3-5-13(9)7(14)6-11-12-8(10)15-6/h3-5H2,1-2H3. The van der Waals surface area contributed by atoms with Gasteiger partial charge in [0.2, 0.25) is 9.47 Å². The van der Waals surface area contributed by atoms with Crippen LogP contribution in [0.2, 0.25) is 4.47 Å². The van der Waals surface area contributed by atoms with Gasteiger partial charge in [-0.3, -0.25) is 4.79 Å². The van der Waals surface area contributed by atoms with Gasteiger partial charge in [0.25, 0.3) is 5.91 Å². The van der Waals surface area contributed by atoms with Crippen molar-refractivity contribution in [3.8, 4) is 0 Å². The van der Waals surface area contributed by atoms with E-state index in [4.69, 9.17) is 11.6 Å². The number of likely N-dealkylation sites (tertiary alicyclic amines) is 1. The molecule has 2 heterocycles. The van der Waals surface area contributed by atoms with E-state index < -0.39 is 0 Å². The van der Waals surface area contributed by atoms with Gasteiger partial charge in [-0.15, -0.1) is 10.2 Å². The minimum absolute atomic E-state index is 0.0538. The molecule has 1 aliphatic heterocycles. The van der Waals surface area contributed by atoms with E-state index in [2.05, 4.69) is 24.0 Å². The maximum atomic E-state index is 12.1. The lowest BCUT2D eigenvalue weighted by Gasteiger charge is -2.30. The summed E-state index contributed by atoms with van der Waals surface area (Å²) in [6, 6.07) is 0. The number of hydrogen-bond acceptors (Lipinski definition) is 4. The maximum Gasteiger partial charge on any atom is 0.285 e. The molecule has 0 aliphatic carbocycles. The molecule has 1 fully saturated rings. The predicted molar refractivity (Wildman–Crippen MR) is 59.3 cm³/mol. The zero-order valence-electron chi connectivity index (χ0n) is 8.66. The third-order valence-corrected chi connectivity index (χ3v) is 3.74. The molecule has 0 spiro atoms. The lowest BCUT2D eigenvalue weighted by Crippen LogP contribution is -2.42. The van der Waals surface area contributed by atoms with E-state index in [0.29, 0.717) is 9.47 Å². The molecule has 1 amide bonds. The van der Waals surface area contributed by atoms with Crippen LogP contribution in [-0.4, -0.2) is 33.1 Å². The number of carbonyl (C=O) groups is 1. The molecule has 1 saturated heterocycles. The molecule has 1 aliphatic rings. The van der Waals surface area contributed by atoms with Crippen LogP contribution in [0.1, 0.15) is 36.5 Å². The Balaban J connectivity index is 2.21. The van der Waals surface area contributed by atoms with Crippen LogP contribution in [0.15, 0.2) is 0 Å². The van der Waals surface area contributed by atoms with Crippen molar-refractivity contribution >= 4 is 28.8 Å². The van der Waals surface area contributed by atoms with Gasteiger partial charge in [0.05, 0.1) is 0 Å². The van der Waals surface area contributed by atoms with Crippen LogP contribution < -0.4 is 0 Å². The van der Waals surface area contributed by atoms with Gasteiger partial charge in [-0.05, 0) is 38.3 Å². The third-order valence-electron chi connectivity index (χ3n) is 2.73. The van der Waals surface area contributed by atoms with Crippen molar-refractivity contribution in [3.63, 3.8) is 0 Å². The first kappa shape index (κ1) is 10.8. The van der Waals surface area contributed by atoms with Crippen molar-refractivity contribution in [2.75, 3.05) is 6.54 Å². The molecule has 6 heteroatoms. The Morgan fingerprint density at radius 2 is 2.27 bits per heavy atom. The van der Waals surface area contributed by atoms with E-state index in [1.165, 1.54) is 0 Å². The van der Waals surface area contributed by atoms with Gasteiger partial charge in [-0.1, -0.05) is 11.3 Å². The molecule has 15 heavy (non-hydrogen) atoms. The Hall–Kier alpha value is -0.680. The van der Waals surface area contributed by atoms with Crippen LogP contribution in [0.3, 0.4) is 0 Å². The Morgan fingerprint density at radius 1 is 1.53 bits per heavy atom. The Bertz CT molecular complexity index is 390. The number of rotatable bonds is 1. The first-order valence-corrected chi connectivity index (χ1v) is 6.01. The highest BCUT2D eigenvalue weighted by molar-refractivity contribution is 7.17. The summed E-state index contributed by atoms with van der Waals surface area (Å²) in [5.74, 6) is -0.0538. The van der Waals surface area contributed by atoms with E-state index >= 15 is 0 Å². The van der Waals surface area contributed by atoms with Gasteiger partial charge in [-0.2, -0.15) is 0 Å². The van der Waals surface area contributed by atoms with Crippen LogP contribution in [0, 0.1) is 0 Å². The van der Waals surface area contributed by atoms with Gasteiger partial charge >= 0.3 is 0 Å². The average Bonchev–Trinajstić information content (AvgIpc) is 2.70. The molecule has 4 nitrogen and oxygen atoms in total. The minimum atomic E-state index is -0.0742. The molecule has 0 saturated carbocycles. The second-order valence-electron chi connectivity index (χ2n) is 4.23. The number of aromatic nitrogens is 2. The summed E-state index contributed by atoms with van der Waals surface area (Å²) in [6.45, 7) is 4.93. The summed E-state index contributed by atoms with van der Waals surface area (Å²) < 4.78 is 0.315. The molecule has 0 unspecified atom stereocenters. The van der Waals surface area contributed by atoms with E-state index in [9.17, 15) is 4.79 Å². The van der Waals surface area contributed by atoms with Gasteiger partial charge < -0.3 is 4.90 Å². The second-order valence-corrected chi connectivity index (χ2v) is 5.79. The summed E-state index contributed by atoms with van der Waals surface area (Å²) in [7, 11) is 0. The third kappa shape index (κ3) is 1.99. The molecule has 0 N–H and O–H groups in total. The van der Waals surface area contributed by atoms with E-state index in [1.54, 1.807) is 0 Å². The highest BCUT2D eigenvalue weighted by Crippen LogP contribution is 2.30. The zero-order valence-corrected chi connectivity index (χ0v) is 10.2. The van der Waals surface area contributed by atoms with Crippen LogP contribution in [0.5, 0.6) is 0 Å². The number of amides is 1. The molecule has 0 radical (unpaired) electrons. The molecule has 1 aromatic heterocycles. The lowest BCUT2D eigenvalue weighted by molar-refractivity contribution is 0.0650. The fourth-order valence-electron chi connectivity index (χ4n) is 1.89. The van der Waals surface area contributed by atoms with Crippen molar-refractivity contribution in [2.45, 2.75) is 32.2 Å². The normalized spacial score (nSPS) is 19.5. The molecule has 0 aromatic carbocycles. The summed E-state index contributed by atoms with van der Waals surface area (Å²) in [5.41, 5.74) is -0.0742. The predicted octanol–water partition coefficient (Wildman–Crippen LogP) is 2.21. The maximum absolute atomic E-state index is 12.1. The number of nitrogens with zero attached hydrogens (tertiary/aromatic N) is 3. The number of carbonyl (C=O) groups excluding carboxylic acids is 1. The Morgan fingerprint density at radius 3 is 2.73 bits per heavy atom. The van der Waals surface area contributed by atoms with Crippen LogP contribution in [-0.2, 0) is 0 Å². The fourth-order valence-corrected chi connectivity index (χ4v) is 2.67. The molecule has 0 atom stereocenters.